The number of hydrogen-bond acceptors (Lipinski definition) is 8. The van der Waals surface area contributed by atoms with Crippen molar-refractivity contribution in [2.45, 2.75) is 12.8 Å². The molecule has 0 saturated heterocycles. The van der Waals surface area contributed by atoms with Gasteiger partial charge in [-0.15, -0.1) is 0 Å². The summed E-state index contributed by atoms with van der Waals surface area (Å²) in [6.45, 7) is 0.763. The minimum absolute atomic E-state index is 0.0847. The summed E-state index contributed by atoms with van der Waals surface area (Å²) in [4.78, 5) is 44.1. The predicted molar refractivity (Wildman–Crippen MR) is 81.1 cm³/mol. The first kappa shape index (κ1) is 21.2. The fourth-order valence-corrected chi connectivity index (χ4v) is 1.25. The number of ether oxygens (including phenoxy) is 4. The summed E-state index contributed by atoms with van der Waals surface area (Å²) in [6, 6.07) is 0. The van der Waals surface area contributed by atoms with Crippen LogP contribution in [0.15, 0.2) is 12.2 Å². The van der Waals surface area contributed by atoms with E-state index in [0.29, 0.717) is 25.9 Å². The second-order valence-corrected chi connectivity index (χ2v) is 4.21. The molecule has 0 aromatic rings. The van der Waals surface area contributed by atoms with Crippen molar-refractivity contribution in [1.29, 1.82) is 0 Å². The van der Waals surface area contributed by atoms with Crippen LogP contribution in [0.5, 0.6) is 0 Å². The first-order valence-electron chi connectivity index (χ1n) is 7.14. The van der Waals surface area contributed by atoms with Crippen molar-refractivity contribution in [1.82, 2.24) is 10.6 Å². The lowest BCUT2D eigenvalue weighted by Crippen LogP contribution is -2.25. The molecule has 2 N–H and O–H groups in total. The Morgan fingerprint density at radius 3 is 1.46 bits per heavy atom. The molecule has 24 heavy (non-hydrogen) atoms. The lowest BCUT2D eigenvalue weighted by molar-refractivity contribution is -0.140. The quantitative estimate of drug-likeness (QED) is 0.247. The SMILES string of the molecule is COC(=O)NCCCOC(=O)/C=C/C(=O)OCCCNC(=O)OC. The van der Waals surface area contributed by atoms with E-state index in [1.807, 2.05) is 0 Å². The minimum Gasteiger partial charge on any atom is -0.462 e. The Labute approximate surface area is 139 Å². The summed E-state index contributed by atoms with van der Waals surface area (Å²) in [7, 11) is 2.49. The zero-order valence-corrected chi connectivity index (χ0v) is 13.7. The van der Waals surface area contributed by atoms with E-state index in [0.717, 1.165) is 12.2 Å². The van der Waals surface area contributed by atoms with E-state index in [1.165, 1.54) is 14.2 Å². The van der Waals surface area contributed by atoms with Gasteiger partial charge in [0.15, 0.2) is 0 Å². The fourth-order valence-electron chi connectivity index (χ4n) is 1.25. The molecule has 0 aliphatic carbocycles. The standard InChI is InChI=1S/C14H22N2O8/c1-21-13(19)15-7-3-9-23-11(17)5-6-12(18)24-10-4-8-16-14(20)22-2/h5-6H,3-4,7-10H2,1-2H3,(H,15,19)(H,16,20)/b6-5+. The van der Waals surface area contributed by atoms with E-state index in [9.17, 15) is 19.2 Å². The molecule has 0 heterocycles. The van der Waals surface area contributed by atoms with Gasteiger partial charge in [0, 0.05) is 25.2 Å². The van der Waals surface area contributed by atoms with Crippen LogP contribution < -0.4 is 10.6 Å². The van der Waals surface area contributed by atoms with Crippen LogP contribution in [-0.4, -0.2) is 64.6 Å². The van der Waals surface area contributed by atoms with Crippen LogP contribution in [0.2, 0.25) is 0 Å². The third-order valence-electron chi connectivity index (χ3n) is 2.40. The lowest BCUT2D eigenvalue weighted by atomic mass is 10.4. The van der Waals surface area contributed by atoms with E-state index in [4.69, 9.17) is 9.47 Å². The highest BCUT2D eigenvalue weighted by Crippen LogP contribution is 1.89. The van der Waals surface area contributed by atoms with Crippen molar-refractivity contribution in [3.05, 3.63) is 12.2 Å². The van der Waals surface area contributed by atoms with E-state index in [1.54, 1.807) is 0 Å². The van der Waals surface area contributed by atoms with Crippen molar-refractivity contribution >= 4 is 24.1 Å². The molecule has 0 saturated carbocycles. The van der Waals surface area contributed by atoms with Crippen LogP contribution in [0.25, 0.3) is 0 Å². The maximum atomic E-state index is 11.3. The Balaban J connectivity index is 3.64. The van der Waals surface area contributed by atoms with Crippen molar-refractivity contribution in [3.8, 4) is 0 Å². The van der Waals surface area contributed by atoms with Gasteiger partial charge in [-0.25, -0.2) is 19.2 Å². The van der Waals surface area contributed by atoms with Gasteiger partial charge < -0.3 is 29.6 Å². The fraction of sp³-hybridized carbons (Fsp3) is 0.571. The number of carbonyl (C=O) groups is 4. The molecule has 136 valence electrons. The average molecular weight is 346 g/mol. The molecule has 0 radical (unpaired) electrons. The van der Waals surface area contributed by atoms with Gasteiger partial charge in [-0.1, -0.05) is 0 Å². The molecule has 0 aromatic carbocycles. The Hall–Kier alpha value is -2.78. The van der Waals surface area contributed by atoms with Crippen molar-refractivity contribution < 1.29 is 38.1 Å². The zero-order valence-electron chi connectivity index (χ0n) is 13.7. The smallest absolute Gasteiger partial charge is 0.406 e. The van der Waals surface area contributed by atoms with Crippen LogP contribution in [0.4, 0.5) is 9.59 Å². The monoisotopic (exact) mass is 346 g/mol. The predicted octanol–water partition coefficient (Wildman–Crippen LogP) is 0.121. The summed E-state index contributed by atoms with van der Waals surface area (Å²) in [5.74, 6) is -1.39. The number of esters is 2. The Bertz CT molecular complexity index is 410. The van der Waals surface area contributed by atoms with Gasteiger partial charge in [-0.05, 0) is 12.8 Å². The van der Waals surface area contributed by atoms with Crippen molar-refractivity contribution in [3.63, 3.8) is 0 Å². The summed E-state index contributed by atoms with van der Waals surface area (Å²) < 4.78 is 18.3. The molecule has 0 atom stereocenters. The summed E-state index contributed by atoms with van der Waals surface area (Å²) >= 11 is 0. The molecule has 0 spiro atoms. The van der Waals surface area contributed by atoms with Crippen molar-refractivity contribution in [2.24, 2.45) is 0 Å². The molecule has 10 heteroatoms. The van der Waals surface area contributed by atoms with Gasteiger partial charge in [0.2, 0.25) is 0 Å². The largest absolute Gasteiger partial charge is 0.462 e. The van der Waals surface area contributed by atoms with E-state index >= 15 is 0 Å². The number of amides is 2. The van der Waals surface area contributed by atoms with Crippen LogP contribution in [-0.2, 0) is 28.5 Å². The molecule has 0 fully saturated rings. The average Bonchev–Trinajstić information content (AvgIpc) is 2.58. The number of carbonyl (C=O) groups excluding carboxylic acids is 4. The second kappa shape index (κ2) is 13.9. The lowest BCUT2D eigenvalue weighted by Gasteiger charge is -2.04. The van der Waals surface area contributed by atoms with Crippen LogP contribution >= 0.6 is 0 Å². The van der Waals surface area contributed by atoms with Gasteiger partial charge in [-0.2, -0.15) is 0 Å². The maximum absolute atomic E-state index is 11.3. The van der Waals surface area contributed by atoms with E-state index < -0.39 is 24.1 Å². The van der Waals surface area contributed by atoms with E-state index in [2.05, 4.69) is 20.1 Å². The molecule has 0 aliphatic rings. The molecule has 0 aliphatic heterocycles. The first-order valence-corrected chi connectivity index (χ1v) is 7.14. The van der Waals surface area contributed by atoms with Crippen LogP contribution in [0, 0.1) is 0 Å². The first-order chi connectivity index (χ1) is 11.5. The number of methoxy groups -OCH3 is 2. The van der Waals surface area contributed by atoms with Gasteiger partial charge >= 0.3 is 24.1 Å². The van der Waals surface area contributed by atoms with Crippen molar-refractivity contribution in [2.75, 3.05) is 40.5 Å². The molecule has 0 unspecified atom stereocenters. The Morgan fingerprint density at radius 1 is 0.750 bits per heavy atom. The number of nitrogens with one attached hydrogen (secondary N) is 2. The Kier molecular flexibility index (Phi) is 12.2. The number of alkyl carbamates (subject to hydrolysis) is 2. The third kappa shape index (κ3) is 12.9. The minimum atomic E-state index is -0.697. The van der Waals surface area contributed by atoms with Gasteiger partial charge in [-0.3, -0.25) is 0 Å². The third-order valence-corrected chi connectivity index (χ3v) is 2.40. The highest BCUT2D eigenvalue weighted by Gasteiger charge is 2.02. The molecular formula is C14H22N2O8. The molecule has 0 bridgehead atoms. The number of rotatable bonds is 10. The summed E-state index contributed by atoms with van der Waals surface area (Å²) in [5, 5.41) is 4.84. The van der Waals surface area contributed by atoms with E-state index in [-0.39, 0.29) is 13.2 Å². The topological polar surface area (TPSA) is 129 Å². The molecule has 2 amide bonds. The molecule has 0 aromatic heterocycles. The molecule has 0 rings (SSSR count). The molecular weight excluding hydrogens is 324 g/mol. The van der Waals surface area contributed by atoms with Gasteiger partial charge in [0.05, 0.1) is 27.4 Å². The maximum Gasteiger partial charge on any atom is 0.406 e. The second-order valence-electron chi connectivity index (χ2n) is 4.21. The molecule has 10 nitrogen and oxygen atoms in total. The van der Waals surface area contributed by atoms with Gasteiger partial charge in [0.25, 0.3) is 0 Å². The normalized spacial score (nSPS) is 9.92. The summed E-state index contributed by atoms with van der Waals surface area (Å²) in [6.07, 6.45) is 1.58. The number of hydrogen-bond donors (Lipinski definition) is 2. The highest BCUT2D eigenvalue weighted by molar-refractivity contribution is 5.91. The van der Waals surface area contributed by atoms with Crippen LogP contribution in [0.3, 0.4) is 0 Å². The van der Waals surface area contributed by atoms with Crippen LogP contribution in [0.1, 0.15) is 12.8 Å². The highest BCUT2D eigenvalue weighted by atomic mass is 16.5. The Morgan fingerprint density at radius 2 is 1.12 bits per heavy atom. The van der Waals surface area contributed by atoms with Gasteiger partial charge in [0.1, 0.15) is 0 Å². The zero-order chi connectivity index (χ0) is 18.2. The summed E-state index contributed by atoms with van der Waals surface area (Å²) in [5.41, 5.74) is 0.